The van der Waals surface area contributed by atoms with Gasteiger partial charge in [0.05, 0.1) is 35.3 Å². The van der Waals surface area contributed by atoms with Crippen LogP contribution in [0.15, 0.2) is 47.4 Å². The summed E-state index contributed by atoms with van der Waals surface area (Å²) in [5.41, 5.74) is 0.440. The molecule has 1 heterocycles. The third-order valence-electron chi connectivity index (χ3n) is 6.97. The molecule has 1 aliphatic rings. The predicted molar refractivity (Wildman–Crippen MR) is 158 cm³/mol. The van der Waals surface area contributed by atoms with Crippen molar-refractivity contribution in [3.8, 4) is 5.75 Å². The van der Waals surface area contributed by atoms with Crippen LogP contribution in [-0.2, 0) is 14.8 Å². The number of aliphatic hydroxyl groups excluding tert-OH is 1. The summed E-state index contributed by atoms with van der Waals surface area (Å²) in [5, 5.41) is 10.5. The fourth-order valence-electron chi connectivity index (χ4n) is 4.64. The molecule has 222 valence electrons. The largest absolute Gasteiger partial charge is 0.490 e. The minimum Gasteiger partial charge on any atom is -0.490 e. The van der Waals surface area contributed by atoms with E-state index in [2.05, 4.69) is 9.62 Å². The number of anilines is 1. The molecule has 1 aliphatic heterocycles. The highest BCUT2D eigenvalue weighted by molar-refractivity contribution is 7.92. The third kappa shape index (κ3) is 8.81. The van der Waals surface area contributed by atoms with Gasteiger partial charge in [0.1, 0.15) is 5.75 Å². The Bertz CT molecular complexity index is 1220. The summed E-state index contributed by atoms with van der Waals surface area (Å²) in [6, 6.07) is 10.1. The Morgan fingerprint density at radius 2 is 1.85 bits per heavy atom. The van der Waals surface area contributed by atoms with Gasteiger partial charge in [-0.05, 0) is 89.7 Å². The van der Waals surface area contributed by atoms with Gasteiger partial charge in [-0.3, -0.25) is 9.52 Å². The predicted octanol–water partition coefficient (Wildman–Crippen LogP) is 4.50. The second-order valence-electron chi connectivity index (χ2n) is 10.8. The number of ether oxygens (including phenoxy) is 2. The summed E-state index contributed by atoms with van der Waals surface area (Å²) in [4.78, 5) is 17.8. The molecule has 0 aliphatic carbocycles. The van der Waals surface area contributed by atoms with Gasteiger partial charge in [-0.25, -0.2) is 8.42 Å². The first-order chi connectivity index (χ1) is 18.9. The molecule has 2 aromatic rings. The van der Waals surface area contributed by atoms with Crippen LogP contribution in [0.4, 0.5) is 5.69 Å². The Labute approximate surface area is 243 Å². The number of fused-ring (bicyclic) bond motifs is 1. The number of hydrogen-bond acceptors (Lipinski definition) is 7. The maximum absolute atomic E-state index is 14.1. The minimum absolute atomic E-state index is 0.0295. The standard InChI is InChI=1S/C29H42ClN3O6S/c1-20-17-33(21(2)19-34)29(35)26-16-24(31-40(36,37)25-12-9-23(30)10-13-25)11-14-27(26)39-22(3)8-6-7-15-38-28(20)18-32(4)5/h9-14,16,20-22,28,31,34H,6-8,15,17-19H2,1-5H3/t20-,21-,22-,28-/m0/s1. The SMILES string of the molecule is C[C@H]1CCCCO[C@@H](CN(C)C)[C@@H](C)CN([C@@H](C)CO)C(=O)c2cc(NS(=O)(=O)c3ccc(Cl)cc3)ccc2O1. The number of carbonyl (C=O) groups is 1. The van der Waals surface area contributed by atoms with Crippen LogP contribution < -0.4 is 9.46 Å². The summed E-state index contributed by atoms with van der Waals surface area (Å²) in [6.07, 6.45) is 2.28. The first kappa shape index (κ1) is 32.1. The van der Waals surface area contributed by atoms with E-state index < -0.39 is 16.1 Å². The van der Waals surface area contributed by atoms with Crippen molar-refractivity contribution in [2.75, 3.05) is 45.1 Å². The van der Waals surface area contributed by atoms with E-state index in [1.165, 1.54) is 30.3 Å². The molecular weight excluding hydrogens is 554 g/mol. The second kappa shape index (κ2) is 14.5. The number of hydrogen-bond donors (Lipinski definition) is 2. The molecule has 0 bridgehead atoms. The van der Waals surface area contributed by atoms with E-state index in [9.17, 15) is 18.3 Å². The van der Waals surface area contributed by atoms with Crippen LogP contribution in [0.3, 0.4) is 0 Å². The molecule has 0 fully saturated rings. The zero-order chi connectivity index (χ0) is 29.4. The summed E-state index contributed by atoms with van der Waals surface area (Å²) in [7, 11) is 0.0459. The third-order valence-corrected chi connectivity index (χ3v) is 8.62. The normalized spacial score (nSPS) is 22.2. The van der Waals surface area contributed by atoms with Crippen molar-refractivity contribution in [3.63, 3.8) is 0 Å². The highest BCUT2D eigenvalue weighted by atomic mass is 35.5. The van der Waals surface area contributed by atoms with Gasteiger partial charge in [0.25, 0.3) is 15.9 Å². The molecule has 0 unspecified atom stereocenters. The van der Waals surface area contributed by atoms with Crippen molar-refractivity contribution < 1.29 is 27.8 Å². The molecule has 2 aromatic carbocycles. The smallest absolute Gasteiger partial charge is 0.261 e. The fourth-order valence-corrected chi connectivity index (χ4v) is 5.81. The molecule has 4 atom stereocenters. The number of benzene rings is 2. The Morgan fingerprint density at radius 3 is 2.50 bits per heavy atom. The zero-order valence-corrected chi connectivity index (χ0v) is 25.5. The quantitative estimate of drug-likeness (QED) is 0.485. The van der Waals surface area contributed by atoms with E-state index in [0.717, 1.165) is 19.3 Å². The van der Waals surface area contributed by atoms with Gasteiger partial charge in [-0.2, -0.15) is 0 Å². The maximum Gasteiger partial charge on any atom is 0.261 e. The molecule has 2 N–H and O–H groups in total. The van der Waals surface area contributed by atoms with Crippen molar-refractivity contribution >= 4 is 33.2 Å². The van der Waals surface area contributed by atoms with E-state index in [-0.39, 0.29) is 46.8 Å². The molecule has 0 saturated heterocycles. The van der Waals surface area contributed by atoms with Crippen LogP contribution in [0.1, 0.15) is 50.4 Å². The number of likely N-dealkylation sites (N-methyl/N-ethyl adjacent to an activating group) is 1. The van der Waals surface area contributed by atoms with Gasteiger partial charge in [0, 0.05) is 36.3 Å². The number of nitrogens with one attached hydrogen (secondary N) is 1. The highest BCUT2D eigenvalue weighted by Crippen LogP contribution is 2.29. The average molecular weight is 596 g/mol. The summed E-state index contributed by atoms with van der Waals surface area (Å²) in [6.45, 7) is 7.20. The topological polar surface area (TPSA) is 108 Å². The first-order valence-corrected chi connectivity index (χ1v) is 15.5. The molecule has 0 radical (unpaired) electrons. The molecule has 3 rings (SSSR count). The lowest BCUT2D eigenvalue weighted by Gasteiger charge is -2.35. The number of rotatable bonds is 7. The van der Waals surface area contributed by atoms with Crippen molar-refractivity contribution in [2.24, 2.45) is 5.92 Å². The number of sulfonamides is 1. The fraction of sp³-hybridized carbons (Fsp3) is 0.552. The van der Waals surface area contributed by atoms with Crippen LogP contribution in [0.25, 0.3) is 0 Å². The lowest BCUT2D eigenvalue weighted by molar-refractivity contribution is -0.0137. The lowest BCUT2D eigenvalue weighted by Crippen LogP contribution is -2.47. The number of nitrogens with zero attached hydrogens (tertiary/aromatic N) is 2. The van der Waals surface area contributed by atoms with Crippen LogP contribution in [-0.4, -0.2) is 87.9 Å². The van der Waals surface area contributed by atoms with Gasteiger partial charge in [-0.1, -0.05) is 18.5 Å². The molecule has 1 amide bonds. The van der Waals surface area contributed by atoms with Gasteiger partial charge >= 0.3 is 0 Å². The van der Waals surface area contributed by atoms with Crippen molar-refractivity contribution in [1.82, 2.24) is 9.80 Å². The maximum atomic E-state index is 14.1. The van der Waals surface area contributed by atoms with Gasteiger partial charge in [0.2, 0.25) is 0 Å². The molecule has 40 heavy (non-hydrogen) atoms. The van der Waals surface area contributed by atoms with Gasteiger partial charge in [0.15, 0.2) is 0 Å². The number of halogens is 1. The molecule has 11 heteroatoms. The number of carbonyl (C=O) groups excluding carboxylic acids is 1. The number of aliphatic hydroxyl groups is 1. The monoisotopic (exact) mass is 595 g/mol. The van der Waals surface area contributed by atoms with Crippen LogP contribution >= 0.6 is 11.6 Å². The summed E-state index contributed by atoms with van der Waals surface area (Å²) in [5.74, 6) is -0.0186. The van der Waals surface area contributed by atoms with Crippen LogP contribution in [0.5, 0.6) is 5.75 Å². The highest BCUT2D eigenvalue weighted by Gasteiger charge is 2.30. The molecule has 9 nitrogen and oxygen atoms in total. The Morgan fingerprint density at radius 1 is 1.15 bits per heavy atom. The lowest BCUT2D eigenvalue weighted by atomic mass is 10.0. The van der Waals surface area contributed by atoms with Crippen molar-refractivity contribution in [1.29, 1.82) is 0 Å². The summed E-state index contributed by atoms with van der Waals surface area (Å²) < 4.78 is 41.1. The van der Waals surface area contributed by atoms with Crippen LogP contribution in [0, 0.1) is 5.92 Å². The second-order valence-corrected chi connectivity index (χ2v) is 13.0. The van der Waals surface area contributed by atoms with Gasteiger partial charge < -0.3 is 24.4 Å². The molecule has 0 aromatic heterocycles. The van der Waals surface area contributed by atoms with E-state index in [1.807, 2.05) is 27.9 Å². The van der Waals surface area contributed by atoms with E-state index in [4.69, 9.17) is 21.1 Å². The van der Waals surface area contributed by atoms with Crippen LogP contribution in [0.2, 0.25) is 5.02 Å². The van der Waals surface area contributed by atoms with Crippen molar-refractivity contribution in [2.45, 2.75) is 63.2 Å². The van der Waals surface area contributed by atoms with Gasteiger partial charge in [-0.15, -0.1) is 0 Å². The Hall–Kier alpha value is -2.37. The Kier molecular flexibility index (Phi) is 11.7. The number of amides is 1. The molecular formula is C29H42ClN3O6S. The molecule has 0 saturated carbocycles. The first-order valence-electron chi connectivity index (χ1n) is 13.7. The zero-order valence-electron chi connectivity index (χ0n) is 24.0. The summed E-state index contributed by atoms with van der Waals surface area (Å²) >= 11 is 5.92. The van der Waals surface area contributed by atoms with E-state index in [0.29, 0.717) is 30.5 Å². The average Bonchev–Trinajstić information content (AvgIpc) is 2.90. The molecule has 0 spiro atoms. The minimum atomic E-state index is -3.93. The van der Waals surface area contributed by atoms with E-state index >= 15 is 0 Å². The Balaban J connectivity index is 2.02. The van der Waals surface area contributed by atoms with Crippen molar-refractivity contribution in [3.05, 3.63) is 53.1 Å². The van der Waals surface area contributed by atoms with E-state index in [1.54, 1.807) is 24.0 Å².